The molecule has 0 heterocycles. The molecule has 0 aliphatic carbocycles. The molecule has 0 spiro atoms. The normalized spacial score (nSPS) is 12.1. The second kappa shape index (κ2) is 12.5. The zero-order valence-corrected chi connectivity index (χ0v) is 12.7. The third-order valence-electron chi connectivity index (χ3n) is 2.35. The maximum atomic E-state index is 11.5. The second-order valence-corrected chi connectivity index (χ2v) is 5.49. The molecule has 1 atom stereocenters. The van der Waals surface area contributed by atoms with Crippen molar-refractivity contribution in [3.63, 3.8) is 0 Å². The van der Waals surface area contributed by atoms with Crippen LogP contribution in [0, 0.1) is 11.8 Å². The summed E-state index contributed by atoms with van der Waals surface area (Å²) in [6, 6.07) is 0. The van der Waals surface area contributed by atoms with Gasteiger partial charge in [-0.2, -0.15) is 11.8 Å². The van der Waals surface area contributed by atoms with Gasteiger partial charge in [-0.05, 0) is 43.2 Å². The van der Waals surface area contributed by atoms with Crippen molar-refractivity contribution in [1.29, 1.82) is 0 Å². The third kappa shape index (κ3) is 12.3. The Labute approximate surface area is 116 Å². The van der Waals surface area contributed by atoms with Crippen LogP contribution in [0.15, 0.2) is 0 Å². The van der Waals surface area contributed by atoms with Crippen LogP contribution in [0.5, 0.6) is 0 Å². The van der Waals surface area contributed by atoms with E-state index in [1.54, 1.807) is 11.8 Å². The first-order valence-electron chi connectivity index (χ1n) is 5.94. The summed E-state index contributed by atoms with van der Waals surface area (Å²) in [5.74, 6) is 1.79. The monoisotopic (exact) mass is 283 g/mol. The molecule has 0 saturated heterocycles. The van der Waals surface area contributed by atoms with Crippen LogP contribution in [0.2, 0.25) is 0 Å². The van der Waals surface area contributed by atoms with Gasteiger partial charge in [0.1, 0.15) is 0 Å². The van der Waals surface area contributed by atoms with Crippen molar-refractivity contribution in [1.82, 2.24) is 0 Å². The van der Waals surface area contributed by atoms with Crippen LogP contribution in [0.1, 0.15) is 33.1 Å². The first kappa shape index (κ1) is 19.4. The number of rotatable bonds is 9. The van der Waals surface area contributed by atoms with Gasteiger partial charge in [0.15, 0.2) is 0 Å². The molecule has 0 aromatic carbocycles. The highest BCUT2D eigenvalue weighted by molar-refractivity contribution is 7.98. The Kier molecular flexibility index (Phi) is 14.3. The second-order valence-electron chi connectivity index (χ2n) is 4.50. The lowest BCUT2D eigenvalue weighted by Crippen LogP contribution is -2.21. The molecule has 0 radical (unpaired) electrons. The van der Waals surface area contributed by atoms with E-state index in [2.05, 4.69) is 20.1 Å². The Bertz CT molecular complexity index is 191. The molecule has 0 fully saturated rings. The highest BCUT2D eigenvalue weighted by Crippen LogP contribution is 2.14. The highest BCUT2D eigenvalue weighted by atomic mass is 35.5. The van der Waals surface area contributed by atoms with E-state index in [1.807, 2.05) is 0 Å². The number of thioether (sulfide) groups is 1. The smallest absolute Gasteiger partial charge is 0.306 e. The predicted octanol–water partition coefficient (Wildman–Crippen LogP) is 2.72. The van der Waals surface area contributed by atoms with Crippen LogP contribution >= 0.6 is 24.2 Å². The Morgan fingerprint density at radius 1 is 1.41 bits per heavy atom. The van der Waals surface area contributed by atoms with Gasteiger partial charge < -0.3 is 10.5 Å². The Balaban J connectivity index is 0. The average molecular weight is 284 g/mol. The van der Waals surface area contributed by atoms with Crippen LogP contribution in [0.4, 0.5) is 0 Å². The lowest BCUT2D eigenvalue weighted by atomic mass is 9.94. The van der Waals surface area contributed by atoms with Crippen LogP contribution in [-0.2, 0) is 9.53 Å². The number of hydrogen-bond acceptors (Lipinski definition) is 4. The Hall–Kier alpha value is 0.0700. The number of ether oxygens (including phenoxy) is 1. The van der Waals surface area contributed by atoms with Crippen LogP contribution in [0.25, 0.3) is 0 Å². The molecule has 5 heteroatoms. The van der Waals surface area contributed by atoms with Gasteiger partial charge >= 0.3 is 5.97 Å². The lowest BCUT2D eigenvalue weighted by molar-refractivity contribution is -0.144. The van der Waals surface area contributed by atoms with E-state index in [-0.39, 0.29) is 24.3 Å². The fraction of sp³-hybridized carbons (Fsp3) is 0.917. The SMILES string of the molecule is CSCCCOC(=O)C[C@@H](CN)CC(C)C.Cl. The number of carbonyl (C=O) groups is 1. The standard InChI is InChI=1S/C12H25NO2S.ClH/c1-10(2)7-11(9-13)8-12(14)15-5-4-6-16-3;/h10-11H,4-9,13H2,1-3H3;1H/t11-;/m0./s1. The van der Waals surface area contributed by atoms with Crippen LogP contribution < -0.4 is 5.73 Å². The zero-order chi connectivity index (χ0) is 12.4. The van der Waals surface area contributed by atoms with Crippen LogP contribution in [0.3, 0.4) is 0 Å². The number of halogens is 1. The minimum atomic E-state index is -0.0998. The van der Waals surface area contributed by atoms with Gasteiger partial charge in [0.25, 0.3) is 0 Å². The van der Waals surface area contributed by atoms with Crippen molar-refractivity contribution in [2.75, 3.05) is 25.2 Å². The summed E-state index contributed by atoms with van der Waals surface area (Å²) in [5.41, 5.74) is 5.63. The van der Waals surface area contributed by atoms with Crippen LogP contribution in [-0.4, -0.2) is 31.1 Å². The zero-order valence-electron chi connectivity index (χ0n) is 11.1. The molecule has 3 nitrogen and oxygen atoms in total. The van der Waals surface area contributed by atoms with E-state index in [0.717, 1.165) is 18.6 Å². The topological polar surface area (TPSA) is 52.3 Å². The summed E-state index contributed by atoms with van der Waals surface area (Å²) in [6.07, 6.45) is 4.45. The van der Waals surface area contributed by atoms with Crippen molar-refractivity contribution in [3.05, 3.63) is 0 Å². The molecule has 0 rings (SSSR count). The van der Waals surface area contributed by atoms with E-state index in [0.29, 0.717) is 25.5 Å². The lowest BCUT2D eigenvalue weighted by Gasteiger charge is -2.16. The van der Waals surface area contributed by atoms with Gasteiger partial charge in [-0.15, -0.1) is 12.4 Å². The minimum Gasteiger partial charge on any atom is -0.466 e. The van der Waals surface area contributed by atoms with E-state index >= 15 is 0 Å². The Morgan fingerprint density at radius 3 is 2.53 bits per heavy atom. The highest BCUT2D eigenvalue weighted by Gasteiger charge is 2.14. The predicted molar refractivity (Wildman–Crippen MR) is 77.8 cm³/mol. The first-order valence-corrected chi connectivity index (χ1v) is 7.34. The number of esters is 1. The van der Waals surface area contributed by atoms with Gasteiger partial charge in [0.2, 0.25) is 0 Å². The maximum Gasteiger partial charge on any atom is 0.306 e. The van der Waals surface area contributed by atoms with Gasteiger partial charge in [-0.1, -0.05) is 13.8 Å². The molecule has 104 valence electrons. The molecule has 0 amide bonds. The fourth-order valence-corrected chi connectivity index (χ4v) is 2.02. The summed E-state index contributed by atoms with van der Waals surface area (Å²) in [7, 11) is 0. The number of hydrogen-bond donors (Lipinski definition) is 1. The van der Waals surface area contributed by atoms with E-state index < -0.39 is 0 Å². The summed E-state index contributed by atoms with van der Waals surface area (Å²) in [4.78, 5) is 11.5. The van der Waals surface area contributed by atoms with Crippen molar-refractivity contribution < 1.29 is 9.53 Å². The summed E-state index contributed by atoms with van der Waals surface area (Å²) < 4.78 is 5.15. The molecular weight excluding hydrogens is 258 g/mol. The van der Waals surface area contributed by atoms with E-state index in [1.165, 1.54) is 0 Å². The average Bonchev–Trinajstić information content (AvgIpc) is 2.23. The van der Waals surface area contributed by atoms with Gasteiger partial charge in [0.05, 0.1) is 6.61 Å². The molecular formula is C12H26ClNO2S. The van der Waals surface area contributed by atoms with Crippen molar-refractivity contribution in [3.8, 4) is 0 Å². The summed E-state index contributed by atoms with van der Waals surface area (Å²) in [5, 5.41) is 0. The largest absolute Gasteiger partial charge is 0.466 e. The summed E-state index contributed by atoms with van der Waals surface area (Å²) >= 11 is 1.77. The number of nitrogens with two attached hydrogens (primary N) is 1. The molecule has 0 aliphatic rings. The van der Waals surface area contributed by atoms with E-state index in [4.69, 9.17) is 10.5 Å². The molecule has 0 unspecified atom stereocenters. The first-order chi connectivity index (χ1) is 7.60. The molecule has 2 N–H and O–H groups in total. The molecule has 0 bridgehead atoms. The maximum absolute atomic E-state index is 11.5. The molecule has 17 heavy (non-hydrogen) atoms. The molecule has 0 saturated carbocycles. The van der Waals surface area contributed by atoms with Crippen molar-refractivity contribution in [2.24, 2.45) is 17.6 Å². The van der Waals surface area contributed by atoms with Gasteiger partial charge in [-0.3, -0.25) is 4.79 Å². The third-order valence-corrected chi connectivity index (χ3v) is 3.05. The Morgan fingerprint density at radius 2 is 2.06 bits per heavy atom. The minimum absolute atomic E-state index is 0. The quantitative estimate of drug-likeness (QED) is 0.522. The molecule has 0 aliphatic heterocycles. The molecule has 0 aromatic heterocycles. The molecule has 0 aromatic rings. The van der Waals surface area contributed by atoms with Crippen molar-refractivity contribution in [2.45, 2.75) is 33.1 Å². The van der Waals surface area contributed by atoms with Gasteiger partial charge in [-0.25, -0.2) is 0 Å². The number of carbonyl (C=O) groups excluding carboxylic acids is 1. The van der Waals surface area contributed by atoms with Crippen molar-refractivity contribution >= 4 is 30.1 Å². The van der Waals surface area contributed by atoms with Gasteiger partial charge in [0, 0.05) is 6.42 Å². The van der Waals surface area contributed by atoms with E-state index in [9.17, 15) is 4.79 Å². The summed E-state index contributed by atoms with van der Waals surface area (Å²) in [6.45, 7) is 5.40. The fourth-order valence-electron chi connectivity index (χ4n) is 1.61.